The van der Waals surface area contributed by atoms with Crippen molar-refractivity contribution in [2.45, 2.75) is 97.7 Å². The normalized spacial score (nSPS) is 22.3. The van der Waals surface area contributed by atoms with Gasteiger partial charge in [-0.25, -0.2) is 4.79 Å². The summed E-state index contributed by atoms with van der Waals surface area (Å²) in [5.74, 6) is 2.35. The van der Waals surface area contributed by atoms with Crippen LogP contribution >= 0.6 is 8.81 Å². The minimum Gasteiger partial charge on any atom is -0.487 e. The molecule has 0 saturated carbocycles. The molecule has 1 aliphatic carbocycles. The second-order valence-corrected chi connectivity index (χ2v) is 10.3. The molecule has 3 atom stereocenters. The maximum absolute atomic E-state index is 12.2. The van der Waals surface area contributed by atoms with Crippen molar-refractivity contribution >= 4 is 14.5 Å². The molecule has 2 aliphatic rings. The van der Waals surface area contributed by atoms with Crippen LogP contribution in [0.25, 0.3) is 0 Å². The van der Waals surface area contributed by atoms with E-state index < -0.39 is 0 Å². The van der Waals surface area contributed by atoms with Crippen LogP contribution in [0.5, 0.6) is 11.5 Å². The standard InChI is InChI=1S/C25H37O4P/c1-7-8-9-10-18-14-21-23(22(15-18)29-30-24(26)27-16(2)3)19-13-17(4)11-12-20(19)25(5,6)28-21/h13-16,19-20,30H,7-12H2,1-6H3. The molecule has 3 unspecified atom stereocenters. The third-order valence-electron chi connectivity index (χ3n) is 6.17. The maximum atomic E-state index is 12.2. The van der Waals surface area contributed by atoms with E-state index in [1.807, 2.05) is 13.8 Å². The largest absolute Gasteiger partial charge is 0.487 e. The summed E-state index contributed by atoms with van der Waals surface area (Å²) in [7, 11) is -0.359. The van der Waals surface area contributed by atoms with Crippen molar-refractivity contribution in [3.8, 4) is 11.5 Å². The summed E-state index contributed by atoms with van der Waals surface area (Å²) in [6.45, 7) is 12.5. The van der Waals surface area contributed by atoms with E-state index in [2.05, 4.69) is 45.9 Å². The molecule has 0 aromatic heterocycles. The van der Waals surface area contributed by atoms with Gasteiger partial charge in [-0.05, 0) is 78.0 Å². The fraction of sp³-hybridized carbons (Fsp3) is 0.640. The molecule has 3 rings (SSSR count). The first-order valence-corrected chi connectivity index (χ1v) is 12.3. The highest BCUT2D eigenvalue weighted by Gasteiger charge is 2.45. The van der Waals surface area contributed by atoms with Crippen LogP contribution in [0.2, 0.25) is 0 Å². The summed E-state index contributed by atoms with van der Waals surface area (Å²) >= 11 is 0. The highest BCUT2D eigenvalue weighted by Crippen LogP contribution is 2.54. The Morgan fingerprint density at radius 1 is 1.30 bits per heavy atom. The van der Waals surface area contributed by atoms with Gasteiger partial charge >= 0.3 is 5.71 Å². The zero-order chi connectivity index (χ0) is 21.9. The summed E-state index contributed by atoms with van der Waals surface area (Å²) in [5.41, 5.74) is 3.19. The van der Waals surface area contributed by atoms with Gasteiger partial charge in [-0.2, -0.15) is 0 Å². The predicted molar refractivity (Wildman–Crippen MR) is 124 cm³/mol. The average Bonchev–Trinajstić information content (AvgIpc) is 2.65. The highest BCUT2D eigenvalue weighted by atomic mass is 31.1. The molecule has 1 aromatic carbocycles. The number of rotatable bonds is 8. The Bertz CT molecular complexity index is 797. The van der Waals surface area contributed by atoms with E-state index >= 15 is 0 Å². The Balaban J connectivity index is 1.97. The van der Waals surface area contributed by atoms with E-state index in [0.717, 1.165) is 42.7 Å². The lowest BCUT2D eigenvalue weighted by atomic mass is 9.68. The number of carbonyl (C=O) groups excluding carboxylic acids is 1. The van der Waals surface area contributed by atoms with Crippen LogP contribution in [0.15, 0.2) is 23.8 Å². The number of ether oxygens (including phenoxy) is 2. The lowest BCUT2D eigenvalue weighted by Crippen LogP contribution is -2.45. The van der Waals surface area contributed by atoms with Crippen molar-refractivity contribution in [2.75, 3.05) is 0 Å². The second kappa shape index (κ2) is 9.73. The average molecular weight is 433 g/mol. The van der Waals surface area contributed by atoms with Gasteiger partial charge in [0.1, 0.15) is 17.1 Å². The van der Waals surface area contributed by atoms with E-state index in [9.17, 15) is 4.79 Å². The van der Waals surface area contributed by atoms with Gasteiger partial charge in [0.25, 0.3) is 0 Å². The summed E-state index contributed by atoms with van der Waals surface area (Å²) in [5, 5.41) is 0. The van der Waals surface area contributed by atoms with Gasteiger partial charge in [0, 0.05) is 17.4 Å². The Morgan fingerprint density at radius 3 is 2.77 bits per heavy atom. The van der Waals surface area contributed by atoms with Crippen LogP contribution in [-0.2, 0) is 11.2 Å². The number of hydrogen-bond acceptors (Lipinski definition) is 4. The second-order valence-electron chi connectivity index (χ2n) is 9.51. The number of fused-ring (bicyclic) bond motifs is 3. The summed E-state index contributed by atoms with van der Waals surface area (Å²) in [6, 6.07) is 4.32. The Labute approximate surface area is 183 Å². The molecule has 1 aliphatic heterocycles. The minimum atomic E-state index is -0.359. The van der Waals surface area contributed by atoms with Gasteiger partial charge in [-0.15, -0.1) is 0 Å². The first-order valence-electron chi connectivity index (χ1n) is 11.4. The molecule has 4 nitrogen and oxygen atoms in total. The maximum Gasteiger partial charge on any atom is 0.364 e. The number of aryl methyl sites for hydroxylation is 1. The van der Waals surface area contributed by atoms with Crippen LogP contribution < -0.4 is 9.26 Å². The van der Waals surface area contributed by atoms with E-state index in [1.54, 1.807) is 0 Å². The van der Waals surface area contributed by atoms with Crippen molar-refractivity contribution in [1.82, 2.24) is 0 Å². The Kier molecular flexibility index (Phi) is 7.50. The fourth-order valence-electron chi connectivity index (χ4n) is 4.70. The van der Waals surface area contributed by atoms with Crippen molar-refractivity contribution in [3.05, 3.63) is 34.9 Å². The molecule has 0 N–H and O–H groups in total. The Hall–Kier alpha value is -1.54. The van der Waals surface area contributed by atoms with E-state index in [4.69, 9.17) is 14.0 Å². The summed E-state index contributed by atoms with van der Waals surface area (Å²) in [6.07, 6.45) is 8.98. The molecule has 30 heavy (non-hydrogen) atoms. The van der Waals surface area contributed by atoms with E-state index in [1.165, 1.54) is 24.0 Å². The van der Waals surface area contributed by atoms with E-state index in [-0.39, 0.29) is 32.1 Å². The first-order chi connectivity index (χ1) is 14.2. The van der Waals surface area contributed by atoms with Crippen molar-refractivity contribution in [3.63, 3.8) is 0 Å². The fourth-order valence-corrected chi connectivity index (χ4v) is 5.35. The molecular formula is C25H37O4P. The number of unbranched alkanes of at least 4 members (excludes halogenated alkanes) is 2. The summed E-state index contributed by atoms with van der Waals surface area (Å²) < 4.78 is 18.0. The van der Waals surface area contributed by atoms with Crippen LogP contribution in [0.3, 0.4) is 0 Å². The van der Waals surface area contributed by atoms with Gasteiger partial charge in [0.05, 0.1) is 6.10 Å². The first kappa shape index (κ1) is 23.1. The topological polar surface area (TPSA) is 44.8 Å². The quantitative estimate of drug-likeness (QED) is 0.242. The number of benzene rings is 1. The van der Waals surface area contributed by atoms with Crippen LogP contribution in [-0.4, -0.2) is 17.4 Å². The van der Waals surface area contributed by atoms with Crippen molar-refractivity contribution in [1.29, 1.82) is 0 Å². The third kappa shape index (κ3) is 5.38. The monoisotopic (exact) mass is 432 g/mol. The van der Waals surface area contributed by atoms with Crippen LogP contribution in [0, 0.1) is 5.92 Å². The molecule has 0 bridgehead atoms. The SMILES string of the molecule is CCCCCc1cc(OPC(=O)OC(C)C)c2c(c1)OC(C)(C)C1CCC(C)=CC21. The lowest BCUT2D eigenvalue weighted by molar-refractivity contribution is 0.0111. The molecule has 5 heteroatoms. The number of hydrogen-bond donors (Lipinski definition) is 0. The lowest BCUT2D eigenvalue weighted by Gasteiger charge is -2.46. The molecule has 166 valence electrons. The third-order valence-corrected chi connectivity index (χ3v) is 6.77. The van der Waals surface area contributed by atoms with E-state index in [0.29, 0.717) is 5.92 Å². The van der Waals surface area contributed by atoms with Crippen molar-refractivity contribution in [2.24, 2.45) is 5.92 Å². The molecule has 1 aromatic rings. The predicted octanol–water partition coefficient (Wildman–Crippen LogP) is 7.55. The molecular weight excluding hydrogens is 395 g/mol. The molecule has 0 amide bonds. The number of carbonyl (C=O) groups is 1. The van der Waals surface area contributed by atoms with Gasteiger partial charge in [-0.3, -0.25) is 0 Å². The number of allylic oxidation sites excluding steroid dienone is 2. The molecule has 0 spiro atoms. The zero-order valence-corrected chi connectivity index (χ0v) is 20.3. The molecule has 0 radical (unpaired) electrons. The highest BCUT2D eigenvalue weighted by molar-refractivity contribution is 7.52. The van der Waals surface area contributed by atoms with Gasteiger partial charge in [0.15, 0.2) is 8.81 Å². The zero-order valence-electron chi connectivity index (χ0n) is 19.3. The summed E-state index contributed by atoms with van der Waals surface area (Å²) in [4.78, 5) is 12.2. The van der Waals surface area contributed by atoms with Crippen LogP contribution in [0.1, 0.15) is 90.7 Å². The molecule has 1 heterocycles. The van der Waals surface area contributed by atoms with Gasteiger partial charge in [0.2, 0.25) is 0 Å². The molecule has 0 fully saturated rings. The Morgan fingerprint density at radius 2 is 2.07 bits per heavy atom. The van der Waals surface area contributed by atoms with Crippen molar-refractivity contribution < 1.29 is 18.8 Å². The molecule has 0 saturated heterocycles. The smallest absolute Gasteiger partial charge is 0.364 e. The minimum absolute atomic E-state index is 0.139. The van der Waals surface area contributed by atoms with Gasteiger partial charge < -0.3 is 14.0 Å². The van der Waals surface area contributed by atoms with Crippen LogP contribution in [0.4, 0.5) is 4.79 Å². The van der Waals surface area contributed by atoms with Gasteiger partial charge in [-0.1, -0.05) is 31.4 Å².